The Kier molecular flexibility index (Phi) is 4.84. The SMILES string of the molecule is CC1(C)Cc2cc(NC(=O)C(=CN)c3ccccn3)c(N3CCn4cncc4C3)cc2O1. The number of amides is 1. The number of carbonyl (C=O) groups is 1. The van der Waals surface area contributed by atoms with Gasteiger partial charge in [-0.3, -0.25) is 9.78 Å². The van der Waals surface area contributed by atoms with Crippen molar-refractivity contribution in [2.24, 2.45) is 5.73 Å². The first-order valence-corrected chi connectivity index (χ1v) is 10.7. The second-order valence-corrected chi connectivity index (χ2v) is 8.76. The number of ether oxygens (including phenoxy) is 1. The summed E-state index contributed by atoms with van der Waals surface area (Å²) in [6, 6.07) is 9.46. The van der Waals surface area contributed by atoms with Crippen LogP contribution in [0.3, 0.4) is 0 Å². The van der Waals surface area contributed by atoms with Crippen molar-refractivity contribution in [2.75, 3.05) is 16.8 Å². The predicted octanol–water partition coefficient (Wildman–Crippen LogP) is 2.95. The van der Waals surface area contributed by atoms with Crippen molar-refractivity contribution in [3.8, 4) is 5.75 Å². The lowest BCUT2D eigenvalue weighted by atomic mass is 10.0. The van der Waals surface area contributed by atoms with Gasteiger partial charge in [-0.15, -0.1) is 0 Å². The van der Waals surface area contributed by atoms with E-state index in [0.717, 1.165) is 47.9 Å². The van der Waals surface area contributed by atoms with Gasteiger partial charge in [0, 0.05) is 49.7 Å². The third-order valence-corrected chi connectivity index (χ3v) is 5.88. The number of nitrogens with two attached hydrogens (primary N) is 1. The van der Waals surface area contributed by atoms with Crippen molar-refractivity contribution in [3.63, 3.8) is 0 Å². The Hall–Kier alpha value is -3.81. The zero-order chi connectivity index (χ0) is 22.3. The Labute approximate surface area is 186 Å². The van der Waals surface area contributed by atoms with Crippen LogP contribution in [0, 0.1) is 0 Å². The van der Waals surface area contributed by atoms with Crippen molar-refractivity contribution in [1.29, 1.82) is 0 Å². The van der Waals surface area contributed by atoms with Crippen LogP contribution in [0.1, 0.15) is 30.8 Å². The molecule has 0 saturated carbocycles. The molecule has 1 aromatic carbocycles. The van der Waals surface area contributed by atoms with Crippen molar-refractivity contribution in [1.82, 2.24) is 14.5 Å². The lowest BCUT2D eigenvalue weighted by Gasteiger charge is -2.32. The maximum absolute atomic E-state index is 13.2. The first kappa shape index (κ1) is 20.1. The van der Waals surface area contributed by atoms with E-state index in [1.807, 2.05) is 30.7 Å². The minimum Gasteiger partial charge on any atom is -0.487 e. The highest BCUT2D eigenvalue weighted by Gasteiger charge is 2.32. The molecule has 8 heteroatoms. The van der Waals surface area contributed by atoms with Crippen LogP contribution in [0.5, 0.6) is 5.75 Å². The van der Waals surface area contributed by atoms with Gasteiger partial charge in [-0.05, 0) is 32.0 Å². The summed E-state index contributed by atoms with van der Waals surface area (Å²) in [5, 5.41) is 3.09. The second-order valence-electron chi connectivity index (χ2n) is 8.76. The Bertz CT molecular complexity index is 1200. The third-order valence-electron chi connectivity index (χ3n) is 5.88. The van der Waals surface area contributed by atoms with Gasteiger partial charge in [-0.1, -0.05) is 6.07 Å². The molecule has 8 nitrogen and oxygen atoms in total. The molecule has 0 atom stereocenters. The van der Waals surface area contributed by atoms with Crippen LogP contribution in [0.15, 0.2) is 55.3 Å². The number of anilines is 2. The van der Waals surface area contributed by atoms with E-state index in [1.165, 1.54) is 6.20 Å². The predicted molar refractivity (Wildman–Crippen MR) is 123 cm³/mol. The quantitative estimate of drug-likeness (QED) is 0.618. The van der Waals surface area contributed by atoms with Gasteiger partial charge >= 0.3 is 0 Å². The minimum absolute atomic E-state index is 0.279. The average Bonchev–Trinajstić information content (AvgIpc) is 3.36. The maximum atomic E-state index is 13.2. The normalized spacial score (nSPS) is 16.8. The Morgan fingerprint density at radius 3 is 2.94 bits per heavy atom. The molecule has 0 radical (unpaired) electrons. The molecule has 0 saturated heterocycles. The molecule has 0 spiro atoms. The molecule has 164 valence electrons. The molecule has 2 aliphatic rings. The number of fused-ring (bicyclic) bond motifs is 2. The van der Waals surface area contributed by atoms with E-state index in [9.17, 15) is 4.79 Å². The first-order valence-electron chi connectivity index (χ1n) is 10.7. The highest BCUT2D eigenvalue weighted by atomic mass is 16.5. The van der Waals surface area contributed by atoms with Crippen molar-refractivity contribution in [2.45, 2.75) is 39.0 Å². The van der Waals surface area contributed by atoms with Crippen LogP contribution >= 0.6 is 0 Å². The fraction of sp³-hybridized carbons (Fsp3) is 0.292. The number of nitrogens with one attached hydrogen (secondary N) is 1. The van der Waals surface area contributed by atoms with E-state index in [0.29, 0.717) is 17.8 Å². The Morgan fingerprint density at radius 2 is 2.16 bits per heavy atom. The van der Waals surface area contributed by atoms with Crippen molar-refractivity contribution >= 4 is 22.9 Å². The highest BCUT2D eigenvalue weighted by molar-refractivity contribution is 6.25. The van der Waals surface area contributed by atoms with Gasteiger partial charge in [0.05, 0.1) is 41.2 Å². The standard InChI is InChI=1S/C24H26N6O2/c1-24(2)11-16-9-20(28-23(31)18(12-25)19-5-3-4-6-27-19)21(10-22(16)32-24)29-7-8-30-15-26-13-17(30)14-29/h3-6,9-10,12-13,15H,7-8,11,14,25H2,1-2H3,(H,28,31). The molecule has 0 bridgehead atoms. The summed E-state index contributed by atoms with van der Waals surface area (Å²) in [6.07, 6.45) is 7.46. The molecule has 4 heterocycles. The van der Waals surface area contributed by atoms with Crippen LogP contribution in [-0.4, -0.2) is 32.6 Å². The van der Waals surface area contributed by atoms with Gasteiger partial charge in [0.2, 0.25) is 0 Å². The zero-order valence-electron chi connectivity index (χ0n) is 18.2. The first-order chi connectivity index (χ1) is 15.4. The zero-order valence-corrected chi connectivity index (χ0v) is 18.2. The number of benzene rings is 1. The van der Waals surface area contributed by atoms with Crippen LogP contribution in [0.2, 0.25) is 0 Å². The largest absolute Gasteiger partial charge is 0.487 e. The monoisotopic (exact) mass is 430 g/mol. The number of hydrogen-bond acceptors (Lipinski definition) is 6. The minimum atomic E-state index is -0.298. The molecule has 2 aliphatic heterocycles. The van der Waals surface area contributed by atoms with Gasteiger partial charge in [-0.2, -0.15) is 0 Å². The molecule has 1 amide bonds. The van der Waals surface area contributed by atoms with E-state index >= 15 is 0 Å². The molecule has 0 fully saturated rings. The summed E-state index contributed by atoms with van der Waals surface area (Å²) in [5.41, 5.74) is 10.2. The third kappa shape index (κ3) is 3.68. The fourth-order valence-electron chi connectivity index (χ4n) is 4.38. The number of pyridine rings is 1. The Morgan fingerprint density at radius 1 is 1.28 bits per heavy atom. The fourth-order valence-corrected chi connectivity index (χ4v) is 4.38. The number of rotatable bonds is 4. The summed E-state index contributed by atoms with van der Waals surface area (Å²) < 4.78 is 8.33. The summed E-state index contributed by atoms with van der Waals surface area (Å²) >= 11 is 0. The van der Waals surface area contributed by atoms with Crippen molar-refractivity contribution < 1.29 is 9.53 Å². The van der Waals surface area contributed by atoms with E-state index in [1.54, 1.807) is 18.3 Å². The number of aromatic nitrogens is 3. The van der Waals surface area contributed by atoms with Gasteiger partial charge in [0.1, 0.15) is 11.4 Å². The van der Waals surface area contributed by atoms with E-state index in [2.05, 4.69) is 38.6 Å². The molecule has 3 N–H and O–H groups in total. The van der Waals surface area contributed by atoms with Crippen LogP contribution in [0.25, 0.3) is 5.57 Å². The molecular formula is C24H26N6O2. The topological polar surface area (TPSA) is 98.3 Å². The lowest BCUT2D eigenvalue weighted by molar-refractivity contribution is -0.111. The van der Waals surface area contributed by atoms with Gasteiger partial charge < -0.3 is 25.3 Å². The van der Waals surface area contributed by atoms with Crippen molar-refractivity contribution in [3.05, 3.63) is 72.2 Å². The second kappa shape index (κ2) is 7.71. The van der Waals surface area contributed by atoms with Crippen LogP contribution in [0.4, 0.5) is 11.4 Å². The highest BCUT2D eigenvalue weighted by Crippen LogP contribution is 2.42. The average molecular weight is 431 g/mol. The summed E-state index contributed by atoms with van der Waals surface area (Å²) in [7, 11) is 0. The number of carbonyl (C=O) groups excluding carboxylic acids is 1. The molecule has 5 rings (SSSR count). The van der Waals surface area contributed by atoms with Gasteiger partial charge in [-0.25, -0.2) is 4.98 Å². The molecular weight excluding hydrogens is 404 g/mol. The number of nitrogens with zero attached hydrogens (tertiary/aromatic N) is 4. The molecule has 0 unspecified atom stereocenters. The number of imidazole rings is 1. The summed E-state index contributed by atoms with van der Waals surface area (Å²) in [6.45, 7) is 6.47. The van der Waals surface area contributed by atoms with Gasteiger partial charge in [0.25, 0.3) is 5.91 Å². The smallest absolute Gasteiger partial charge is 0.259 e. The Balaban J connectivity index is 1.50. The lowest BCUT2D eigenvalue weighted by Crippen LogP contribution is -2.33. The van der Waals surface area contributed by atoms with Gasteiger partial charge in [0.15, 0.2) is 0 Å². The summed E-state index contributed by atoms with van der Waals surface area (Å²) in [5.74, 6) is 0.564. The molecule has 2 aromatic heterocycles. The maximum Gasteiger partial charge on any atom is 0.259 e. The van der Waals surface area contributed by atoms with E-state index < -0.39 is 0 Å². The van der Waals surface area contributed by atoms with E-state index in [4.69, 9.17) is 10.5 Å². The summed E-state index contributed by atoms with van der Waals surface area (Å²) in [4.78, 5) is 24.0. The van der Waals surface area contributed by atoms with Crippen LogP contribution < -0.4 is 20.7 Å². The molecule has 0 aliphatic carbocycles. The molecule has 3 aromatic rings. The molecule has 32 heavy (non-hydrogen) atoms. The number of hydrogen-bond donors (Lipinski definition) is 2. The van der Waals surface area contributed by atoms with Crippen LogP contribution in [-0.2, 0) is 24.3 Å². The van der Waals surface area contributed by atoms with E-state index in [-0.39, 0.29) is 11.5 Å².